The van der Waals surface area contributed by atoms with Crippen LogP contribution in [0.15, 0.2) is 29.4 Å². The molecule has 2 saturated heterocycles. The lowest BCUT2D eigenvalue weighted by molar-refractivity contribution is -0.274. The van der Waals surface area contributed by atoms with Gasteiger partial charge in [0.1, 0.15) is 4.90 Å². The standard InChI is InChI=1S/C13H18N2O4S/c16-20(17,12-4-3-6-14-10-12)15-7-9-19-13(11-15)5-1-2-8-18-13/h3-4,6,10H,1-2,5,7-9,11H2. The summed E-state index contributed by atoms with van der Waals surface area (Å²) in [5.74, 6) is -0.758. The fourth-order valence-corrected chi connectivity index (χ4v) is 4.07. The molecule has 1 spiro atoms. The Balaban J connectivity index is 1.83. The van der Waals surface area contributed by atoms with Crippen molar-refractivity contribution < 1.29 is 17.9 Å². The van der Waals surface area contributed by atoms with Gasteiger partial charge in [-0.2, -0.15) is 4.31 Å². The van der Waals surface area contributed by atoms with E-state index in [-0.39, 0.29) is 11.4 Å². The van der Waals surface area contributed by atoms with Gasteiger partial charge in [0.25, 0.3) is 0 Å². The first-order valence-corrected chi connectivity index (χ1v) is 8.25. The maximum absolute atomic E-state index is 12.6. The zero-order valence-corrected chi connectivity index (χ0v) is 12.0. The van der Waals surface area contributed by atoms with Gasteiger partial charge < -0.3 is 9.47 Å². The molecule has 0 aromatic carbocycles. The van der Waals surface area contributed by atoms with E-state index < -0.39 is 15.8 Å². The minimum atomic E-state index is -3.53. The summed E-state index contributed by atoms with van der Waals surface area (Å²) in [5.41, 5.74) is 0. The molecule has 0 radical (unpaired) electrons. The minimum Gasteiger partial charge on any atom is -0.349 e. The summed E-state index contributed by atoms with van der Waals surface area (Å²) < 4.78 is 38.1. The summed E-state index contributed by atoms with van der Waals surface area (Å²) >= 11 is 0. The molecule has 2 fully saturated rings. The molecule has 3 rings (SSSR count). The number of ether oxygens (including phenoxy) is 2. The largest absolute Gasteiger partial charge is 0.349 e. The van der Waals surface area contributed by atoms with Crippen molar-refractivity contribution in [3.05, 3.63) is 24.5 Å². The van der Waals surface area contributed by atoms with Gasteiger partial charge in [0.05, 0.1) is 19.8 Å². The molecule has 0 N–H and O–H groups in total. The van der Waals surface area contributed by atoms with Gasteiger partial charge in [0.15, 0.2) is 5.79 Å². The number of hydrogen-bond acceptors (Lipinski definition) is 5. The summed E-state index contributed by atoms with van der Waals surface area (Å²) in [4.78, 5) is 4.10. The minimum absolute atomic E-state index is 0.216. The Hall–Kier alpha value is -1.02. The van der Waals surface area contributed by atoms with Gasteiger partial charge >= 0.3 is 0 Å². The zero-order chi connectivity index (χ0) is 14.1. The molecular weight excluding hydrogens is 280 g/mol. The van der Waals surface area contributed by atoms with Crippen LogP contribution in [0, 0.1) is 0 Å². The van der Waals surface area contributed by atoms with Crippen LogP contribution in [0.3, 0.4) is 0 Å². The molecule has 1 unspecified atom stereocenters. The van der Waals surface area contributed by atoms with E-state index in [1.54, 1.807) is 18.3 Å². The highest BCUT2D eigenvalue weighted by Gasteiger charge is 2.43. The number of aromatic nitrogens is 1. The topological polar surface area (TPSA) is 68.7 Å². The summed E-state index contributed by atoms with van der Waals surface area (Å²) in [6.45, 7) is 1.59. The highest BCUT2D eigenvalue weighted by molar-refractivity contribution is 7.89. The Morgan fingerprint density at radius 3 is 2.80 bits per heavy atom. The number of sulfonamides is 1. The number of morpholine rings is 1. The number of pyridine rings is 1. The number of hydrogen-bond donors (Lipinski definition) is 0. The van der Waals surface area contributed by atoms with Gasteiger partial charge in [0, 0.05) is 25.4 Å². The summed E-state index contributed by atoms with van der Waals surface area (Å²) in [5, 5.41) is 0. The van der Waals surface area contributed by atoms with Crippen molar-refractivity contribution in [2.24, 2.45) is 0 Å². The van der Waals surface area contributed by atoms with E-state index in [1.807, 2.05) is 0 Å². The van der Waals surface area contributed by atoms with Crippen molar-refractivity contribution in [3.63, 3.8) is 0 Å². The maximum atomic E-state index is 12.6. The smallest absolute Gasteiger partial charge is 0.244 e. The maximum Gasteiger partial charge on any atom is 0.244 e. The molecule has 7 heteroatoms. The predicted molar refractivity (Wildman–Crippen MR) is 71.5 cm³/mol. The normalized spacial score (nSPS) is 28.6. The lowest BCUT2D eigenvalue weighted by Crippen LogP contribution is -2.56. The van der Waals surface area contributed by atoms with Crippen molar-refractivity contribution in [3.8, 4) is 0 Å². The van der Waals surface area contributed by atoms with Gasteiger partial charge in [-0.1, -0.05) is 0 Å². The molecule has 0 bridgehead atoms. The molecule has 2 aliphatic heterocycles. The van der Waals surface area contributed by atoms with E-state index in [2.05, 4.69) is 4.98 Å². The second kappa shape index (κ2) is 5.40. The molecule has 110 valence electrons. The average Bonchev–Trinajstić information content (AvgIpc) is 2.49. The first-order chi connectivity index (χ1) is 9.62. The van der Waals surface area contributed by atoms with Crippen LogP contribution in [0.5, 0.6) is 0 Å². The molecule has 0 saturated carbocycles. The van der Waals surface area contributed by atoms with Gasteiger partial charge in [-0.3, -0.25) is 4.98 Å². The van der Waals surface area contributed by atoms with Gasteiger partial charge in [-0.05, 0) is 25.0 Å². The van der Waals surface area contributed by atoms with Crippen LogP contribution in [0.4, 0.5) is 0 Å². The van der Waals surface area contributed by atoms with Crippen LogP contribution in [0.25, 0.3) is 0 Å². The highest BCUT2D eigenvalue weighted by Crippen LogP contribution is 2.31. The Bertz CT molecular complexity index is 549. The SMILES string of the molecule is O=S(=O)(c1cccnc1)N1CCOC2(CCCCO2)C1. The molecular formula is C13H18N2O4S. The van der Waals surface area contributed by atoms with E-state index in [0.29, 0.717) is 19.8 Å². The molecule has 6 nitrogen and oxygen atoms in total. The fourth-order valence-electron chi connectivity index (χ4n) is 2.65. The van der Waals surface area contributed by atoms with Crippen LogP contribution >= 0.6 is 0 Å². The Morgan fingerprint density at radius 2 is 2.10 bits per heavy atom. The summed E-state index contributed by atoms with van der Waals surface area (Å²) in [6, 6.07) is 3.19. The molecule has 1 aromatic heterocycles. The summed E-state index contributed by atoms with van der Waals surface area (Å²) in [6.07, 6.45) is 5.68. The molecule has 20 heavy (non-hydrogen) atoms. The third-order valence-corrected chi connectivity index (χ3v) is 5.54. The average molecular weight is 298 g/mol. The van der Waals surface area contributed by atoms with Crippen molar-refractivity contribution in [2.45, 2.75) is 29.9 Å². The monoisotopic (exact) mass is 298 g/mol. The van der Waals surface area contributed by atoms with Crippen molar-refractivity contribution >= 4 is 10.0 Å². The van der Waals surface area contributed by atoms with E-state index in [4.69, 9.17) is 9.47 Å². The first kappa shape index (κ1) is 13.9. The Morgan fingerprint density at radius 1 is 1.25 bits per heavy atom. The van der Waals surface area contributed by atoms with Crippen molar-refractivity contribution in [2.75, 3.05) is 26.3 Å². The third kappa shape index (κ3) is 2.58. The van der Waals surface area contributed by atoms with E-state index in [9.17, 15) is 8.42 Å². The quantitative estimate of drug-likeness (QED) is 0.815. The number of nitrogens with zero attached hydrogens (tertiary/aromatic N) is 2. The third-order valence-electron chi connectivity index (χ3n) is 3.71. The lowest BCUT2D eigenvalue weighted by atomic mass is 10.0. The molecule has 2 aliphatic rings. The second-order valence-corrected chi connectivity index (χ2v) is 7.03. The second-order valence-electron chi connectivity index (χ2n) is 5.09. The van der Waals surface area contributed by atoms with Gasteiger partial charge in [0.2, 0.25) is 10.0 Å². The van der Waals surface area contributed by atoms with E-state index >= 15 is 0 Å². The fraction of sp³-hybridized carbons (Fsp3) is 0.615. The van der Waals surface area contributed by atoms with Crippen molar-refractivity contribution in [1.29, 1.82) is 0 Å². The van der Waals surface area contributed by atoms with Crippen LogP contribution in [0.2, 0.25) is 0 Å². The van der Waals surface area contributed by atoms with Crippen LogP contribution in [0.1, 0.15) is 19.3 Å². The molecule has 1 aromatic rings. The lowest BCUT2D eigenvalue weighted by Gasteiger charge is -2.43. The highest BCUT2D eigenvalue weighted by atomic mass is 32.2. The Labute approximate surface area is 118 Å². The van der Waals surface area contributed by atoms with Crippen LogP contribution in [-0.2, 0) is 19.5 Å². The molecule has 0 aliphatic carbocycles. The number of rotatable bonds is 2. The zero-order valence-electron chi connectivity index (χ0n) is 11.2. The van der Waals surface area contributed by atoms with Crippen LogP contribution in [-0.4, -0.2) is 49.8 Å². The molecule has 0 amide bonds. The van der Waals surface area contributed by atoms with Crippen LogP contribution < -0.4 is 0 Å². The molecule has 3 heterocycles. The van der Waals surface area contributed by atoms with E-state index in [0.717, 1.165) is 19.3 Å². The van der Waals surface area contributed by atoms with Gasteiger partial charge in [-0.25, -0.2) is 8.42 Å². The summed E-state index contributed by atoms with van der Waals surface area (Å²) in [7, 11) is -3.53. The predicted octanol–water partition coefficient (Wildman–Crippen LogP) is 0.999. The first-order valence-electron chi connectivity index (χ1n) is 6.81. The van der Waals surface area contributed by atoms with E-state index in [1.165, 1.54) is 10.5 Å². The Kier molecular flexibility index (Phi) is 3.76. The van der Waals surface area contributed by atoms with Crippen molar-refractivity contribution in [1.82, 2.24) is 9.29 Å². The van der Waals surface area contributed by atoms with Gasteiger partial charge in [-0.15, -0.1) is 0 Å². The molecule has 1 atom stereocenters.